The lowest BCUT2D eigenvalue weighted by Crippen LogP contribution is -2.63. The minimum Gasteiger partial charge on any atom is -0.497 e. The van der Waals surface area contributed by atoms with Crippen LogP contribution in [0.5, 0.6) is 5.75 Å². The van der Waals surface area contributed by atoms with Crippen LogP contribution in [0.3, 0.4) is 0 Å². The summed E-state index contributed by atoms with van der Waals surface area (Å²) in [5, 5.41) is -14.0. The molecule has 0 radical (unpaired) electrons. The third kappa shape index (κ3) is 11.1. The molecule has 5 rings (SSSR count). The maximum atomic E-state index is 15.2. The van der Waals surface area contributed by atoms with Crippen LogP contribution in [0.15, 0.2) is 158 Å². The molecule has 0 aliphatic carbocycles. The van der Waals surface area contributed by atoms with Gasteiger partial charge in [-0.15, -0.1) is 0 Å². The molecule has 0 N–H and O–H groups in total. The molecule has 0 heterocycles. The second-order valence-electron chi connectivity index (χ2n) is 14.6. The van der Waals surface area contributed by atoms with Gasteiger partial charge in [0.15, 0.2) is 0 Å². The van der Waals surface area contributed by atoms with E-state index >= 15 is 8.78 Å². The minimum absolute atomic E-state index is 0.0605. The molecule has 0 aromatic heterocycles. The zero-order valence-corrected chi connectivity index (χ0v) is 41.3. The summed E-state index contributed by atoms with van der Waals surface area (Å²) in [4.78, 5) is -0.556. The largest absolute Gasteiger partial charge is 0.497 e. The zero-order chi connectivity index (χ0) is 57.3. The third-order valence-electron chi connectivity index (χ3n) is 10.2. The maximum Gasteiger partial charge on any atom is 0.460 e. The highest BCUT2D eigenvalue weighted by Crippen LogP contribution is 2.71. The van der Waals surface area contributed by atoms with Crippen LogP contribution in [0.2, 0.25) is 0 Å². The van der Waals surface area contributed by atoms with Gasteiger partial charge in [-0.05, 0) is 108 Å². The SMILES string of the molecule is COc1ccc(C(OC)(OC)c2ccc(S(=O)c3ccc(S(OS(=O)(=O)C(F)(F)C(F)(F)C(F)(F)C(F)(F)F)(c4ccccc4)c4ccccc4)cc3)cc2)cc1.O=S(=O)(OS)C(F)(F)C(F)(F)C(F)(F)C(F)(F)F. The van der Waals surface area contributed by atoms with E-state index in [1.165, 1.54) is 82.0 Å². The van der Waals surface area contributed by atoms with Gasteiger partial charge in [0.1, 0.15) is 5.75 Å². The molecule has 0 fully saturated rings. The molecule has 5 aromatic rings. The van der Waals surface area contributed by atoms with E-state index in [4.69, 9.17) is 17.8 Å². The van der Waals surface area contributed by atoms with Crippen LogP contribution in [0.25, 0.3) is 0 Å². The predicted octanol–water partition coefficient (Wildman–Crippen LogP) is 12.9. The average molecular weight is 1200 g/mol. The van der Waals surface area contributed by atoms with E-state index in [1.54, 1.807) is 36.4 Å². The first kappa shape index (κ1) is 62.8. The molecule has 1 atom stereocenters. The Morgan fingerprint density at radius 2 is 0.747 bits per heavy atom. The van der Waals surface area contributed by atoms with E-state index in [-0.39, 0.29) is 24.5 Å². The van der Waals surface area contributed by atoms with Gasteiger partial charge in [-0.25, -0.2) is 7.84 Å². The number of ether oxygens (including phenoxy) is 3. The normalized spacial score (nSPS) is 14.6. The summed E-state index contributed by atoms with van der Waals surface area (Å²) < 4.78 is 320. The van der Waals surface area contributed by atoms with E-state index in [2.05, 4.69) is 16.5 Å². The fourth-order valence-corrected chi connectivity index (χ4v) is 13.3. The fraction of sp³-hybridized carbons (Fsp3) is 0.286. The van der Waals surface area contributed by atoms with E-state index < -0.39 is 93.7 Å². The Kier molecular flexibility index (Phi) is 18.4. The summed E-state index contributed by atoms with van der Waals surface area (Å²) in [5.41, 5.74) is 1.10. The van der Waals surface area contributed by atoms with Crippen molar-refractivity contribution < 1.29 is 122 Å². The number of benzene rings is 5. The third-order valence-corrected chi connectivity index (χ3v) is 18.5. The van der Waals surface area contributed by atoms with Crippen molar-refractivity contribution >= 4 is 54.3 Å². The van der Waals surface area contributed by atoms with E-state index in [9.17, 15) is 91.3 Å². The van der Waals surface area contributed by atoms with Gasteiger partial charge in [0.05, 0.1) is 17.9 Å². The number of thiol groups is 1. The van der Waals surface area contributed by atoms with Gasteiger partial charge in [-0.3, -0.25) is 0 Å². The molecule has 0 amide bonds. The second-order valence-corrected chi connectivity index (χ2v) is 22.6. The summed E-state index contributed by atoms with van der Waals surface area (Å²) in [7, 11) is -16.1. The van der Waals surface area contributed by atoms with Crippen LogP contribution in [0.1, 0.15) is 11.1 Å². The van der Waals surface area contributed by atoms with Gasteiger partial charge in [0.25, 0.3) is 0 Å². The second kappa shape index (κ2) is 21.9. The predicted molar refractivity (Wildman–Crippen MR) is 231 cm³/mol. The number of methoxy groups -OCH3 is 3. The Hall–Kier alpha value is -4.77. The van der Waals surface area contributed by atoms with Crippen LogP contribution in [-0.2, 0) is 53.6 Å². The number of hydrogen-bond donors (Lipinski definition) is 1. The van der Waals surface area contributed by atoms with Crippen molar-refractivity contribution in [3.63, 3.8) is 0 Å². The average Bonchev–Trinajstić information content (AvgIpc) is 3.36. The summed E-state index contributed by atoms with van der Waals surface area (Å²) in [6.07, 6.45) is -14.4. The van der Waals surface area contributed by atoms with Crippen LogP contribution in [-0.4, -0.2) is 88.9 Å². The van der Waals surface area contributed by atoms with Crippen molar-refractivity contribution in [3.8, 4) is 5.75 Å². The zero-order valence-electron chi connectivity index (χ0n) is 37.2. The monoisotopic (exact) mass is 1200 g/mol. The first-order valence-electron chi connectivity index (χ1n) is 19.5. The Morgan fingerprint density at radius 3 is 1.07 bits per heavy atom. The van der Waals surface area contributed by atoms with E-state index in [0.717, 1.165) is 36.4 Å². The Morgan fingerprint density at radius 1 is 0.427 bits per heavy atom. The van der Waals surface area contributed by atoms with Crippen LogP contribution in [0, 0.1) is 0 Å². The molecule has 0 saturated carbocycles. The Balaban J connectivity index is 0.000000575. The Labute approximate surface area is 422 Å². The topological polar surface area (TPSA) is 131 Å². The summed E-state index contributed by atoms with van der Waals surface area (Å²) in [6.45, 7) is 0. The molecular formula is C42H32F18O10S5. The summed E-state index contributed by atoms with van der Waals surface area (Å²) >= 11 is 2.17. The van der Waals surface area contributed by atoms with E-state index in [0.29, 0.717) is 16.9 Å². The number of halogens is 18. The number of rotatable bonds is 19. The number of alkyl halides is 18. The van der Waals surface area contributed by atoms with Crippen molar-refractivity contribution in [2.45, 2.75) is 76.8 Å². The fourth-order valence-electron chi connectivity index (χ4n) is 6.23. The van der Waals surface area contributed by atoms with Gasteiger partial charge < -0.3 is 14.2 Å². The first-order chi connectivity index (χ1) is 34.2. The van der Waals surface area contributed by atoms with Crippen molar-refractivity contribution in [1.82, 2.24) is 0 Å². The van der Waals surface area contributed by atoms with Gasteiger partial charge in [0, 0.05) is 49.8 Å². The molecule has 416 valence electrons. The quantitative estimate of drug-likeness (QED) is 0.0369. The molecule has 33 heteroatoms. The van der Waals surface area contributed by atoms with Crippen molar-refractivity contribution in [1.29, 1.82) is 0 Å². The smallest absolute Gasteiger partial charge is 0.460 e. The molecule has 1 unspecified atom stereocenters. The molecule has 5 aromatic carbocycles. The maximum absolute atomic E-state index is 15.2. The molecule has 75 heavy (non-hydrogen) atoms. The molecular weight excluding hydrogens is 1170 g/mol. The van der Waals surface area contributed by atoms with Crippen LogP contribution >= 0.6 is 23.2 Å². The van der Waals surface area contributed by atoms with Crippen molar-refractivity contribution in [2.24, 2.45) is 0 Å². The van der Waals surface area contributed by atoms with Gasteiger partial charge >= 0.3 is 66.8 Å². The van der Waals surface area contributed by atoms with Gasteiger partial charge in [-0.1, -0.05) is 48.5 Å². The standard InChI is InChI=1S/C38H31F9O7S3.C4HF9O3S2/c1-51-28-18-14-26(15-19-28)34(52-2,53-3)27-16-20-29(21-17-27)55(48)30-22-24-33(25-23-30)56(31-10-6-4-7-11-31,32-12-8-5-9-13-32)54-57(49,50)38(46,47)36(41,42)35(39,40)37(43,44)45;5-1(6,3(9,10)11)2(7,8)4(12,13)18(14,15)16-17/h4-25H,1-3H3;17H. The summed E-state index contributed by atoms with van der Waals surface area (Å²) in [6, 6.07) is 30.3. The highest BCUT2D eigenvalue weighted by Gasteiger charge is 2.87. The van der Waals surface area contributed by atoms with Gasteiger partial charge in [0.2, 0.25) is 5.79 Å². The van der Waals surface area contributed by atoms with Crippen LogP contribution in [0.4, 0.5) is 79.0 Å². The van der Waals surface area contributed by atoms with Crippen molar-refractivity contribution in [3.05, 3.63) is 145 Å². The highest BCUT2D eigenvalue weighted by molar-refractivity contribution is 8.33. The lowest BCUT2D eigenvalue weighted by atomic mass is 9.97. The van der Waals surface area contributed by atoms with Crippen LogP contribution < -0.4 is 4.74 Å². The minimum atomic E-state index is -7.53. The molecule has 0 spiro atoms. The molecule has 10 nitrogen and oxygen atoms in total. The van der Waals surface area contributed by atoms with E-state index in [1.807, 2.05) is 0 Å². The van der Waals surface area contributed by atoms with Gasteiger partial charge in [-0.2, -0.15) is 99.5 Å². The van der Waals surface area contributed by atoms with Crippen molar-refractivity contribution in [2.75, 3.05) is 21.3 Å². The molecule has 0 saturated heterocycles. The summed E-state index contributed by atoms with van der Waals surface area (Å²) in [5.74, 6) is -30.4. The number of hydrogen-bond acceptors (Lipinski definition) is 11. The molecule has 0 aliphatic heterocycles. The molecule has 0 aliphatic rings. The Bertz CT molecular complexity index is 2940. The highest BCUT2D eigenvalue weighted by atomic mass is 32.3. The molecule has 0 bridgehead atoms. The lowest BCUT2D eigenvalue weighted by molar-refractivity contribution is -0.382. The lowest BCUT2D eigenvalue weighted by Gasteiger charge is -2.41. The first-order valence-corrected chi connectivity index (χ1v) is 25.4.